The highest BCUT2D eigenvalue weighted by atomic mass is 14.9. The number of nitrogens with zero attached hydrogens (tertiary/aromatic N) is 2. The van der Waals surface area contributed by atoms with Crippen molar-refractivity contribution in [3.63, 3.8) is 0 Å². The van der Waals surface area contributed by atoms with E-state index in [1.54, 1.807) is 0 Å². The van der Waals surface area contributed by atoms with Crippen LogP contribution in [0.3, 0.4) is 0 Å². The molecule has 1 aliphatic carbocycles. The Morgan fingerprint density at radius 2 is 1.74 bits per heavy atom. The quantitative estimate of drug-likeness (QED) is 0.896. The Kier molecular flexibility index (Phi) is 4.95. The minimum absolute atomic E-state index is 0.575. The van der Waals surface area contributed by atoms with Gasteiger partial charge in [0.1, 0.15) is 0 Å². The Hall–Kier alpha value is -1.84. The Bertz CT molecular complexity index is 470. The number of nitriles is 2. The van der Waals surface area contributed by atoms with E-state index in [1.807, 2.05) is 24.3 Å². The van der Waals surface area contributed by atoms with Crippen molar-refractivity contribution in [3.05, 3.63) is 35.4 Å². The van der Waals surface area contributed by atoms with E-state index >= 15 is 0 Å². The van der Waals surface area contributed by atoms with Crippen molar-refractivity contribution in [1.82, 2.24) is 5.32 Å². The van der Waals surface area contributed by atoms with Crippen LogP contribution in [0.2, 0.25) is 0 Å². The van der Waals surface area contributed by atoms with Gasteiger partial charge in [0.2, 0.25) is 0 Å². The van der Waals surface area contributed by atoms with E-state index in [4.69, 9.17) is 10.5 Å². The molecule has 0 atom stereocenters. The van der Waals surface area contributed by atoms with Gasteiger partial charge in [0.25, 0.3) is 0 Å². The molecule has 0 unspecified atom stereocenters. The van der Waals surface area contributed by atoms with Crippen LogP contribution in [0.1, 0.15) is 43.2 Å². The molecule has 19 heavy (non-hydrogen) atoms. The zero-order valence-corrected chi connectivity index (χ0v) is 11.1. The van der Waals surface area contributed by atoms with Crippen LogP contribution >= 0.6 is 0 Å². The third-order valence-corrected chi connectivity index (χ3v) is 3.90. The fourth-order valence-electron chi connectivity index (χ4n) is 2.66. The maximum absolute atomic E-state index is 8.74. The summed E-state index contributed by atoms with van der Waals surface area (Å²) < 4.78 is 0. The van der Waals surface area contributed by atoms with Crippen LogP contribution in [-0.4, -0.2) is 6.04 Å². The van der Waals surface area contributed by atoms with Crippen LogP contribution in [0.15, 0.2) is 24.3 Å². The minimum Gasteiger partial charge on any atom is -0.310 e. The molecule has 0 spiro atoms. The Morgan fingerprint density at radius 3 is 2.32 bits per heavy atom. The lowest BCUT2D eigenvalue weighted by molar-refractivity contribution is 0.294. The summed E-state index contributed by atoms with van der Waals surface area (Å²) in [4.78, 5) is 0. The van der Waals surface area contributed by atoms with Gasteiger partial charge in [-0.3, -0.25) is 0 Å². The second-order valence-electron chi connectivity index (χ2n) is 5.27. The van der Waals surface area contributed by atoms with Gasteiger partial charge in [-0.15, -0.1) is 0 Å². The molecule has 0 heterocycles. The molecule has 0 bridgehead atoms. The van der Waals surface area contributed by atoms with Gasteiger partial charge in [0, 0.05) is 19.0 Å². The number of hydrogen-bond donors (Lipinski definition) is 1. The first-order valence-corrected chi connectivity index (χ1v) is 6.91. The second kappa shape index (κ2) is 6.92. The van der Waals surface area contributed by atoms with Gasteiger partial charge in [-0.1, -0.05) is 12.1 Å². The standard InChI is InChI=1S/C16H19N3/c17-10-9-13-5-7-16(8-6-13)19-12-15-3-1-14(11-18)2-4-15/h1-4,13,16,19H,5-9,12H2/t13-,16-. The van der Waals surface area contributed by atoms with Crippen LogP contribution in [0.5, 0.6) is 0 Å². The van der Waals surface area contributed by atoms with E-state index in [0.717, 1.165) is 6.54 Å². The molecule has 0 aromatic heterocycles. The van der Waals surface area contributed by atoms with Gasteiger partial charge in [-0.05, 0) is 49.3 Å². The molecular formula is C16H19N3. The molecule has 1 aromatic rings. The third kappa shape index (κ3) is 4.09. The predicted molar refractivity (Wildman–Crippen MR) is 74.0 cm³/mol. The maximum Gasteiger partial charge on any atom is 0.0991 e. The van der Waals surface area contributed by atoms with Crippen LogP contribution in [-0.2, 0) is 6.54 Å². The summed E-state index contributed by atoms with van der Waals surface area (Å²) in [5.41, 5.74) is 1.93. The number of benzene rings is 1. The van der Waals surface area contributed by atoms with Gasteiger partial charge in [0.05, 0.1) is 17.7 Å². The first kappa shape index (κ1) is 13.6. The summed E-state index contributed by atoms with van der Waals surface area (Å²) in [6.07, 6.45) is 5.38. The minimum atomic E-state index is 0.575. The predicted octanol–water partition coefficient (Wildman–Crippen LogP) is 3.12. The van der Waals surface area contributed by atoms with Crippen molar-refractivity contribution in [2.24, 2.45) is 5.92 Å². The van der Waals surface area contributed by atoms with Crippen LogP contribution in [0.4, 0.5) is 0 Å². The van der Waals surface area contributed by atoms with Crippen LogP contribution in [0.25, 0.3) is 0 Å². The van der Waals surface area contributed by atoms with Gasteiger partial charge < -0.3 is 5.32 Å². The zero-order valence-electron chi connectivity index (χ0n) is 11.1. The lowest BCUT2D eigenvalue weighted by atomic mass is 9.84. The van der Waals surface area contributed by atoms with Gasteiger partial charge in [-0.25, -0.2) is 0 Å². The molecule has 3 nitrogen and oxygen atoms in total. The highest BCUT2D eigenvalue weighted by Gasteiger charge is 2.20. The molecule has 98 valence electrons. The smallest absolute Gasteiger partial charge is 0.0991 e. The highest BCUT2D eigenvalue weighted by Crippen LogP contribution is 2.26. The lowest BCUT2D eigenvalue weighted by Gasteiger charge is -2.28. The zero-order chi connectivity index (χ0) is 13.5. The fourth-order valence-corrected chi connectivity index (χ4v) is 2.66. The van der Waals surface area contributed by atoms with Crippen molar-refractivity contribution in [3.8, 4) is 12.1 Å². The molecule has 1 aromatic carbocycles. The van der Waals surface area contributed by atoms with Gasteiger partial charge in [0.15, 0.2) is 0 Å². The normalized spacial score (nSPS) is 22.4. The third-order valence-electron chi connectivity index (χ3n) is 3.90. The molecule has 2 rings (SSSR count). The van der Waals surface area contributed by atoms with Crippen LogP contribution in [0, 0.1) is 28.6 Å². The van der Waals surface area contributed by atoms with Gasteiger partial charge in [-0.2, -0.15) is 10.5 Å². The second-order valence-corrected chi connectivity index (χ2v) is 5.27. The average Bonchev–Trinajstić information content (AvgIpc) is 2.47. The van der Waals surface area contributed by atoms with Crippen molar-refractivity contribution in [2.45, 2.75) is 44.7 Å². The molecule has 1 saturated carbocycles. The molecule has 0 radical (unpaired) electrons. The fraction of sp³-hybridized carbons (Fsp3) is 0.500. The Labute approximate surface area is 114 Å². The molecular weight excluding hydrogens is 234 g/mol. The first-order chi connectivity index (χ1) is 9.31. The summed E-state index contributed by atoms with van der Waals surface area (Å²) in [5, 5.41) is 21.0. The van der Waals surface area contributed by atoms with Crippen molar-refractivity contribution in [1.29, 1.82) is 10.5 Å². The Morgan fingerprint density at radius 1 is 1.05 bits per heavy atom. The van der Waals surface area contributed by atoms with E-state index < -0.39 is 0 Å². The first-order valence-electron chi connectivity index (χ1n) is 6.91. The van der Waals surface area contributed by atoms with E-state index in [0.29, 0.717) is 23.9 Å². The summed E-state index contributed by atoms with van der Waals surface area (Å²) in [6, 6.07) is 12.7. The van der Waals surface area contributed by atoms with E-state index in [1.165, 1.54) is 31.2 Å². The van der Waals surface area contributed by atoms with Crippen molar-refractivity contribution in [2.75, 3.05) is 0 Å². The summed E-state index contributed by atoms with van der Waals surface area (Å²) >= 11 is 0. The monoisotopic (exact) mass is 253 g/mol. The maximum atomic E-state index is 8.74. The summed E-state index contributed by atoms with van der Waals surface area (Å²) in [6.45, 7) is 0.860. The van der Waals surface area contributed by atoms with E-state index in [-0.39, 0.29) is 0 Å². The van der Waals surface area contributed by atoms with E-state index in [2.05, 4.69) is 17.5 Å². The molecule has 3 heteroatoms. The molecule has 1 fully saturated rings. The summed E-state index contributed by atoms with van der Waals surface area (Å²) in [5.74, 6) is 0.609. The van der Waals surface area contributed by atoms with E-state index in [9.17, 15) is 0 Å². The molecule has 1 N–H and O–H groups in total. The van der Waals surface area contributed by atoms with Gasteiger partial charge >= 0.3 is 0 Å². The largest absolute Gasteiger partial charge is 0.310 e. The van der Waals surface area contributed by atoms with Crippen molar-refractivity contribution < 1.29 is 0 Å². The average molecular weight is 253 g/mol. The lowest BCUT2D eigenvalue weighted by Crippen LogP contribution is -2.32. The molecule has 0 aliphatic heterocycles. The SMILES string of the molecule is N#CC[C@H]1CC[C@H](NCc2ccc(C#N)cc2)CC1. The number of rotatable bonds is 4. The molecule has 0 saturated heterocycles. The molecule has 1 aliphatic rings. The number of hydrogen-bond acceptors (Lipinski definition) is 3. The number of nitrogens with one attached hydrogen (secondary N) is 1. The Balaban J connectivity index is 1.74. The van der Waals surface area contributed by atoms with Crippen LogP contribution < -0.4 is 5.32 Å². The highest BCUT2D eigenvalue weighted by molar-refractivity contribution is 5.31. The molecule has 0 amide bonds. The van der Waals surface area contributed by atoms with Crippen molar-refractivity contribution >= 4 is 0 Å². The summed E-state index contributed by atoms with van der Waals surface area (Å²) in [7, 11) is 0. The topological polar surface area (TPSA) is 59.6 Å².